The van der Waals surface area contributed by atoms with Crippen LogP contribution in [0.2, 0.25) is 0 Å². The number of aromatic nitrogens is 1. The van der Waals surface area contributed by atoms with Crippen molar-refractivity contribution in [3.05, 3.63) is 105 Å². The third kappa shape index (κ3) is 6.17. The van der Waals surface area contributed by atoms with Gasteiger partial charge in [0, 0.05) is 43.9 Å². The highest BCUT2D eigenvalue weighted by Crippen LogP contribution is 2.35. The lowest BCUT2D eigenvalue weighted by atomic mass is 10.0. The van der Waals surface area contributed by atoms with E-state index in [0.29, 0.717) is 12.2 Å². The molecule has 3 aromatic carbocycles. The molecule has 1 saturated heterocycles. The van der Waals surface area contributed by atoms with Crippen LogP contribution in [0, 0.1) is 10.1 Å². The number of nitro groups is 1. The zero-order chi connectivity index (χ0) is 28.8. The van der Waals surface area contributed by atoms with Crippen molar-refractivity contribution < 1.29 is 9.66 Å². The smallest absolute Gasteiger partial charge is 0.285 e. The lowest BCUT2D eigenvalue weighted by Crippen LogP contribution is -2.47. The number of piperazine rings is 1. The summed E-state index contributed by atoms with van der Waals surface area (Å²) in [6.45, 7) is 8.94. The number of hydrogen-bond donors (Lipinski definition) is 0. The van der Waals surface area contributed by atoms with Gasteiger partial charge in [-0.15, -0.1) is 5.11 Å². The number of anilines is 1. The Labute approximate surface area is 238 Å². The zero-order valence-corrected chi connectivity index (χ0v) is 23.1. The maximum absolute atomic E-state index is 14.4. The number of hydrogen-bond acceptors (Lipinski definition) is 8. The first-order chi connectivity index (χ1) is 20.0. The number of nitrogens with zero attached hydrogens (tertiary/aromatic N) is 6. The predicted octanol–water partition coefficient (Wildman–Crippen LogP) is 6.37. The molecule has 210 valence electrons. The molecule has 0 unspecified atom stereocenters. The van der Waals surface area contributed by atoms with E-state index < -0.39 is 4.92 Å². The predicted molar refractivity (Wildman–Crippen MR) is 160 cm³/mol. The van der Waals surface area contributed by atoms with Crippen LogP contribution in [0.3, 0.4) is 0 Å². The van der Waals surface area contributed by atoms with Gasteiger partial charge in [0.05, 0.1) is 22.9 Å². The Morgan fingerprint density at radius 3 is 2.27 bits per heavy atom. The van der Waals surface area contributed by atoms with Crippen LogP contribution < -0.4 is 15.2 Å². The molecule has 1 aliphatic heterocycles. The van der Waals surface area contributed by atoms with E-state index in [1.54, 1.807) is 16.7 Å². The van der Waals surface area contributed by atoms with Crippen LogP contribution in [0.1, 0.15) is 13.8 Å². The molecule has 0 spiro atoms. The first-order valence-corrected chi connectivity index (χ1v) is 13.7. The second kappa shape index (κ2) is 12.6. The molecule has 41 heavy (non-hydrogen) atoms. The summed E-state index contributed by atoms with van der Waals surface area (Å²) in [4.78, 5) is 29.8. The number of benzene rings is 3. The molecular formula is C31H32N6O4. The highest BCUT2D eigenvalue weighted by atomic mass is 16.6. The fourth-order valence-corrected chi connectivity index (χ4v) is 4.93. The van der Waals surface area contributed by atoms with Gasteiger partial charge in [0.2, 0.25) is 0 Å². The molecule has 4 aromatic rings. The molecule has 2 heterocycles. The Hall–Kier alpha value is -4.83. The van der Waals surface area contributed by atoms with Crippen LogP contribution in [-0.4, -0.2) is 53.7 Å². The standard InChI is InChI=1S/C31H32N6O4/c1-3-34-17-19-35(20-18-34)29-22-28(23-13-15-27(16-14-23)41-4-2)30(31(38)36(29)25-10-6-5-7-11-25)33-32-24-9-8-12-26(21-24)37(39)40/h5-16,21-22H,3-4,17-20H2,1-2H3. The van der Waals surface area contributed by atoms with E-state index in [1.165, 1.54) is 12.1 Å². The molecule has 5 rings (SSSR count). The molecule has 0 aliphatic carbocycles. The minimum absolute atomic E-state index is 0.101. The van der Waals surface area contributed by atoms with Gasteiger partial charge in [0.25, 0.3) is 11.2 Å². The number of ether oxygens (including phenoxy) is 1. The second-order valence-corrected chi connectivity index (χ2v) is 9.60. The number of rotatable bonds is 9. The van der Waals surface area contributed by atoms with Crippen molar-refractivity contribution in [2.45, 2.75) is 13.8 Å². The summed E-state index contributed by atoms with van der Waals surface area (Å²) in [6.07, 6.45) is 0. The summed E-state index contributed by atoms with van der Waals surface area (Å²) < 4.78 is 7.31. The molecule has 0 radical (unpaired) electrons. The van der Waals surface area contributed by atoms with Crippen LogP contribution in [0.15, 0.2) is 100.0 Å². The monoisotopic (exact) mass is 552 g/mol. The van der Waals surface area contributed by atoms with Gasteiger partial charge >= 0.3 is 0 Å². The zero-order valence-electron chi connectivity index (χ0n) is 23.1. The van der Waals surface area contributed by atoms with Crippen LogP contribution >= 0.6 is 0 Å². The number of nitro benzene ring substituents is 1. The Bertz CT molecular complexity index is 1590. The highest BCUT2D eigenvalue weighted by Gasteiger charge is 2.24. The Balaban J connectivity index is 1.70. The van der Waals surface area contributed by atoms with E-state index in [2.05, 4.69) is 27.0 Å². The third-order valence-corrected chi connectivity index (χ3v) is 7.10. The van der Waals surface area contributed by atoms with E-state index in [-0.39, 0.29) is 22.6 Å². The lowest BCUT2D eigenvalue weighted by Gasteiger charge is -2.36. The molecule has 0 N–H and O–H groups in total. The fraction of sp³-hybridized carbons (Fsp3) is 0.258. The van der Waals surface area contributed by atoms with Crippen molar-refractivity contribution in [2.24, 2.45) is 10.2 Å². The lowest BCUT2D eigenvalue weighted by molar-refractivity contribution is -0.384. The van der Waals surface area contributed by atoms with Crippen LogP contribution in [0.25, 0.3) is 16.8 Å². The molecular weight excluding hydrogens is 520 g/mol. The number of azo groups is 1. The molecule has 1 aliphatic rings. The molecule has 1 fully saturated rings. The van der Waals surface area contributed by atoms with Crippen LogP contribution in [0.5, 0.6) is 5.75 Å². The first kappa shape index (κ1) is 27.7. The Morgan fingerprint density at radius 1 is 0.878 bits per heavy atom. The number of likely N-dealkylation sites (N-methyl/N-ethyl adjacent to an activating group) is 1. The first-order valence-electron chi connectivity index (χ1n) is 13.7. The molecule has 0 bridgehead atoms. The van der Waals surface area contributed by atoms with Gasteiger partial charge in [-0.3, -0.25) is 19.5 Å². The van der Waals surface area contributed by atoms with Crippen molar-refractivity contribution in [1.82, 2.24) is 9.47 Å². The summed E-state index contributed by atoms with van der Waals surface area (Å²) in [6, 6.07) is 24.9. The van der Waals surface area contributed by atoms with E-state index in [0.717, 1.165) is 55.5 Å². The fourth-order valence-electron chi connectivity index (χ4n) is 4.93. The van der Waals surface area contributed by atoms with Gasteiger partial charge in [-0.1, -0.05) is 43.3 Å². The number of para-hydroxylation sites is 1. The summed E-state index contributed by atoms with van der Waals surface area (Å²) >= 11 is 0. The SMILES string of the molecule is CCOc1ccc(-c2cc(N3CCN(CC)CC3)n(-c3ccccc3)c(=O)c2N=Nc2cccc([N+](=O)[O-])c2)cc1. The molecule has 1 aromatic heterocycles. The van der Waals surface area contributed by atoms with E-state index in [4.69, 9.17) is 4.74 Å². The minimum atomic E-state index is -0.486. The van der Waals surface area contributed by atoms with E-state index in [9.17, 15) is 14.9 Å². The van der Waals surface area contributed by atoms with Crippen molar-refractivity contribution in [3.8, 4) is 22.6 Å². The number of pyridine rings is 1. The van der Waals surface area contributed by atoms with Gasteiger partial charge in [-0.05, 0) is 55.4 Å². The van der Waals surface area contributed by atoms with Crippen molar-refractivity contribution in [3.63, 3.8) is 0 Å². The van der Waals surface area contributed by atoms with Crippen molar-refractivity contribution in [1.29, 1.82) is 0 Å². The Kier molecular flexibility index (Phi) is 8.50. The highest BCUT2D eigenvalue weighted by molar-refractivity contribution is 5.79. The summed E-state index contributed by atoms with van der Waals surface area (Å²) in [5.74, 6) is 1.50. The van der Waals surface area contributed by atoms with Gasteiger partial charge in [0.15, 0.2) is 5.69 Å². The van der Waals surface area contributed by atoms with Gasteiger partial charge < -0.3 is 14.5 Å². The summed E-state index contributed by atoms with van der Waals surface area (Å²) in [5, 5.41) is 20.0. The molecule has 10 heteroatoms. The number of non-ortho nitro benzene ring substituents is 1. The second-order valence-electron chi connectivity index (χ2n) is 9.60. The van der Waals surface area contributed by atoms with Gasteiger partial charge in [-0.25, -0.2) is 0 Å². The minimum Gasteiger partial charge on any atom is -0.494 e. The van der Waals surface area contributed by atoms with Gasteiger partial charge in [-0.2, -0.15) is 5.11 Å². The molecule has 10 nitrogen and oxygen atoms in total. The van der Waals surface area contributed by atoms with Crippen molar-refractivity contribution >= 4 is 22.9 Å². The summed E-state index contributed by atoms with van der Waals surface area (Å²) in [7, 11) is 0. The quantitative estimate of drug-likeness (QED) is 0.136. The van der Waals surface area contributed by atoms with Crippen molar-refractivity contribution in [2.75, 3.05) is 44.2 Å². The van der Waals surface area contributed by atoms with E-state index in [1.807, 2.05) is 67.6 Å². The summed E-state index contributed by atoms with van der Waals surface area (Å²) in [5.41, 5.74) is 2.11. The maximum Gasteiger partial charge on any atom is 0.285 e. The van der Waals surface area contributed by atoms with Crippen LogP contribution in [0.4, 0.5) is 22.9 Å². The average Bonchev–Trinajstić information content (AvgIpc) is 3.01. The maximum atomic E-state index is 14.4. The largest absolute Gasteiger partial charge is 0.494 e. The third-order valence-electron chi connectivity index (χ3n) is 7.10. The van der Waals surface area contributed by atoms with Crippen LogP contribution in [-0.2, 0) is 0 Å². The average molecular weight is 553 g/mol. The molecule has 0 saturated carbocycles. The topological polar surface area (TPSA) is 106 Å². The molecule has 0 atom stereocenters. The Morgan fingerprint density at radius 2 is 1.61 bits per heavy atom. The molecule has 0 amide bonds. The van der Waals surface area contributed by atoms with Gasteiger partial charge in [0.1, 0.15) is 11.6 Å². The van der Waals surface area contributed by atoms with E-state index >= 15 is 0 Å². The normalized spacial score (nSPS) is 14.0.